The Morgan fingerprint density at radius 3 is 2.37 bits per heavy atom. The Kier molecular flexibility index (Phi) is 5.59. The number of anilines is 1. The minimum atomic E-state index is -3.91. The monoisotopic (exact) mass is 420 g/mol. The quantitative estimate of drug-likeness (QED) is 0.444. The number of sulfonamides is 1. The first-order valence-electron chi connectivity index (χ1n) is 10.00. The van der Waals surface area contributed by atoms with Gasteiger partial charge in [0.05, 0.1) is 11.5 Å². The van der Waals surface area contributed by atoms with E-state index in [1.807, 2.05) is 60.4 Å². The van der Waals surface area contributed by atoms with E-state index in [9.17, 15) is 8.42 Å². The number of nitrogens with zero attached hydrogens (tertiary/aromatic N) is 2. The van der Waals surface area contributed by atoms with Gasteiger partial charge in [0, 0.05) is 17.3 Å². The molecule has 3 aromatic rings. The zero-order chi connectivity index (χ0) is 21.1. The second-order valence-corrected chi connectivity index (χ2v) is 8.82. The van der Waals surface area contributed by atoms with Crippen LogP contribution < -0.4 is 9.64 Å². The predicted molar refractivity (Wildman–Crippen MR) is 120 cm³/mol. The standard InChI is InChI=1S/C24H24N2O3S/c1-3-29-21-13-15-22(16-14-21)30(27,28)25-24(19-9-5-4-6-10-19)26-18(2)17-20-11-7-8-12-23(20)26/h4-16,18H,3,17H2,1-2H3/b25-24+. The Morgan fingerprint density at radius 1 is 1.00 bits per heavy atom. The lowest BCUT2D eigenvalue weighted by atomic mass is 10.1. The lowest BCUT2D eigenvalue weighted by molar-refractivity contribution is 0.340. The molecule has 6 heteroatoms. The van der Waals surface area contributed by atoms with Crippen LogP contribution in [0.1, 0.15) is 25.0 Å². The van der Waals surface area contributed by atoms with Crippen LogP contribution in [0, 0.1) is 0 Å². The van der Waals surface area contributed by atoms with Gasteiger partial charge in [-0.25, -0.2) is 0 Å². The fourth-order valence-electron chi connectivity index (χ4n) is 3.75. The van der Waals surface area contributed by atoms with Crippen molar-refractivity contribution in [2.24, 2.45) is 4.40 Å². The summed E-state index contributed by atoms with van der Waals surface area (Å²) in [6, 6.07) is 24.0. The van der Waals surface area contributed by atoms with E-state index in [4.69, 9.17) is 4.74 Å². The van der Waals surface area contributed by atoms with Crippen LogP contribution in [0.5, 0.6) is 5.75 Å². The molecule has 0 radical (unpaired) electrons. The topological polar surface area (TPSA) is 59.0 Å². The van der Waals surface area contributed by atoms with Crippen LogP contribution in [0.3, 0.4) is 0 Å². The van der Waals surface area contributed by atoms with Gasteiger partial charge < -0.3 is 9.64 Å². The smallest absolute Gasteiger partial charge is 0.284 e. The van der Waals surface area contributed by atoms with Crippen molar-refractivity contribution in [3.8, 4) is 5.75 Å². The van der Waals surface area contributed by atoms with Gasteiger partial charge in [0.1, 0.15) is 5.75 Å². The Hall–Kier alpha value is -3.12. The molecule has 1 aliphatic rings. The van der Waals surface area contributed by atoms with Gasteiger partial charge in [0.25, 0.3) is 10.0 Å². The number of ether oxygens (including phenoxy) is 1. The van der Waals surface area contributed by atoms with Crippen LogP contribution in [0.2, 0.25) is 0 Å². The van der Waals surface area contributed by atoms with Crippen molar-refractivity contribution in [3.63, 3.8) is 0 Å². The highest BCUT2D eigenvalue weighted by Gasteiger charge is 2.31. The van der Waals surface area contributed by atoms with E-state index in [1.165, 1.54) is 17.7 Å². The summed E-state index contributed by atoms with van der Waals surface area (Å²) in [5.41, 5.74) is 2.94. The van der Waals surface area contributed by atoms with Crippen molar-refractivity contribution >= 4 is 21.5 Å². The molecular weight excluding hydrogens is 396 g/mol. The van der Waals surface area contributed by atoms with Crippen LogP contribution in [-0.4, -0.2) is 26.9 Å². The summed E-state index contributed by atoms with van der Waals surface area (Å²) < 4.78 is 36.2. The number of hydrogen-bond acceptors (Lipinski definition) is 3. The van der Waals surface area contributed by atoms with Crippen molar-refractivity contribution in [1.29, 1.82) is 0 Å². The minimum Gasteiger partial charge on any atom is -0.494 e. The van der Waals surface area contributed by atoms with Gasteiger partial charge in [-0.3, -0.25) is 0 Å². The normalized spacial score (nSPS) is 16.4. The largest absolute Gasteiger partial charge is 0.494 e. The molecule has 1 heterocycles. The average Bonchev–Trinajstić information content (AvgIpc) is 3.09. The van der Waals surface area contributed by atoms with Gasteiger partial charge in [0.15, 0.2) is 5.84 Å². The third-order valence-electron chi connectivity index (χ3n) is 5.11. The summed E-state index contributed by atoms with van der Waals surface area (Å²) in [7, 11) is -3.91. The summed E-state index contributed by atoms with van der Waals surface area (Å²) in [6.07, 6.45) is 0.838. The van der Waals surface area contributed by atoms with Crippen LogP contribution >= 0.6 is 0 Å². The molecule has 0 spiro atoms. The number of benzene rings is 3. The first-order valence-corrected chi connectivity index (χ1v) is 11.4. The number of hydrogen-bond donors (Lipinski definition) is 0. The zero-order valence-corrected chi connectivity index (χ0v) is 17.8. The third kappa shape index (κ3) is 3.96. The van der Waals surface area contributed by atoms with Crippen molar-refractivity contribution in [2.75, 3.05) is 11.5 Å². The highest BCUT2D eigenvalue weighted by atomic mass is 32.2. The summed E-state index contributed by atoms with van der Waals surface area (Å²) in [6.45, 7) is 4.49. The molecule has 1 atom stereocenters. The maximum absolute atomic E-state index is 13.2. The van der Waals surface area contributed by atoms with Crippen molar-refractivity contribution in [1.82, 2.24) is 0 Å². The Balaban J connectivity index is 1.82. The molecule has 4 rings (SSSR count). The Bertz CT molecular complexity index is 1160. The average molecular weight is 421 g/mol. The second kappa shape index (κ2) is 8.32. The molecule has 0 saturated carbocycles. The SMILES string of the molecule is CCOc1ccc(S(=O)(=O)/N=C(\c2ccccc2)N2c3ccccc3CC2C)cc1. The molecule has 0 aromatic heterocycles. The molecule has 30 heavy (non-hydrogen) atoms. The van der Waals surface area contributed by atoms with E-state index in [2.05, 4.69) is 17.4 Å². The molecule has 1 aliphatic heterocycles. The van der Waals surface area contributed by atoms with E-state index in [0.29, 0.717) is 18.2 Å². The van der Waals surface area contributed by atoms with Crippen LogP contribution in [0.25, 0.3) is 0 Å². The highest BCUT2D eigenvalue weighted by Crippen LogP contribution is 2.34. The van der Waals surface area contributed by atoms with Crippen molar-refractivity contribution in [3.05, 3.63) is 90.0 Å². The van der Waals surface area contributed by atoms with Crippen LogP contribution in [0.15, 0.2) is 88.2 Å². The minimum absolute atomic E-state index is 0.0943. The van der Waals surface area contributed by atoms with Crippen LogP contribution in [0.4, 0.5) is 5.69 Å². The predicted octanol–water partition coefficient (Wildman–Crippen LogP) is 4.67. The highest BCUT2D eigenvalue weighted by molar-refractivity contribution is 7.90. The lowest BCUT2D eigenvalue weighted by Gasteiger charge is -2.26. The van der Waals surface area contributed by atoms with Gasteiger partial charge in [-0.2, -0.15) is 8.42 Å². The van der Waals surface area contributed by atoms with Crippen LogP contribution in [-0.2, 0) is 16.4 Å². The number of rotatable bonds is 5. The number of para-hydroxylation sites is 1. The molecule has 0 amide bonds. The maximum Gasteiger partial charge on any atom is 0.284 e. The molecule has 0 N–H and O–H groups in total. The van der Waals surface area contributed by atoms with E-state index < -0.39 is 10.0 Å². The fourth-order valence-corrected chi connectivity index (χ4v) is 4.76. The molecule has 0 fully saturated rings. The zero-order valence-electron chi connectivity index (χ0n) is 17.0. The first kappa shape index (κ1) is 20.2. The summed E-state index contributed by atoms with van der Waals surface area (Å²) in [5.74, 6) is 1.06. The van der Waals surface area contributed by atoms with Crippen molar-refractivity contribution < 1.29 is 13.2 Å². The number of amidine groups is 1. The van der Waals surface area contributed by atoms with Gasteiger partial charge in [-0.05, 0) is 56.2 Å². The van der Waals surface area contributed by atoms with E-state index in [0.717, 1.165) is 17.7 Å². The third-order valence-corrected chi connectivity index (χ3v) is 6.39. The fraction of sp³-hybridized carbons (Fsp3) is 0.208. The molecule has 0 bridgehead atoms. The molecule has 1 unspecified atom stereocenters. The molecule has 3 aromatic carbocycles. The van der Waals surface area contributed by atoms with E-state index >= 15 is 0 Å². The van der Waals surface area contributed by atoms with Crippen molar-refractivity contribution in [2.45, 2.75) is 31.2 Å². The molecular formula is C24H24N2O3S. The van der Waals surface area contributed by atoms with Gasteiger partial charge in [-0.1, -0.05) is 48.5 Å². The molecule has 5 nitrogen and oxygen atoms in total. The summed E-state index contributed by atoms with van der Waals surface area (Å²) >= 11 is 0. The molecule has 154 valence electrons. The van der Waals surface area contributed by atoms with E-state index in [1.54, 1.807) is 12.1 Å². The van der Waals surface area contributed by atoms with Gasteiger partial charge >= 0.3 is 0 Å². The Morgan fingerprint density at radius 2 is 1.67 bits per heavy atom. The first-order chi connectivity index (χ1) is 14.5. The van der Waals surface area contributed by atoms with Gasteiger partial charge in [0.2, 0.25) is 0 Å². The summed E-state index contributed by atoms with van der Waals surface area (Å²) in [5, 5.41) is 0. The second-order valence-electron chi connectivity index (χ2n) is 7.21. The number of fused-ring (bicyclic) bond motifs is 1. The summed E-state index contributed by atoms with van der Waals surface area (Å²) in [4.78, 5) is 2.16. The Labute approximate surface area is 177 Å². The maximum atomic E-state index is 13.2. The molecule has 0 aliphatic carbocycles. The molecule has 0 saturated heterocycles. The van der Waals surface area contributed by atoms with E-state index in [-0.39, 0.29) is 10.9 Å². The van der Waals surface area contributed by atoms with Gasteiger partial charge in [-0.15, -0.1) is 4.40 Å². The lowest BCUT2D eigenvalue weighted by Crippen LogP contribution is -2.37.